The smallest absolute Gasteiger partial charge is 0.258 e. The minimum atomic E-state index is -0.163. The lowest BCUT2D eigenvalue weighted by atomic mass is 10.0. The van der Waals surface area contributed by atoms with Crippen molar-refractivity contribution in [3.63, 3.8) is 0 Å². The topological polar surface area (TPSA) is 67.4 Å². The first-order valence-corrected chi connectivity index (χ1v) is 10.2. The Balaban J connectivity index is 1.37. The molecule has 5 nitrogen and oxygen atoms in total. The van der Waals surface area contributed by atoms with Crippen LogP contribution in [0.15, 0.2) is 41.3 Å². The van der Waals surface area contributed by atoms with Crippen LogP contribution >= 0.6 is 23.4 Å². The number of fused-ring (bicyclic) bond motifs is 2. The lowest BCUT2D eigenvalue weighted by molar-refractivity contribution is -0.124. The summed E-state index contributed by atoms with van der Waals surface area (Å²) in [6.07, 6.45) is 2.02. The van der Waals surface area contributed by atoms with Gasteiger partial charge < -0.3 is 15.4 Å². The molecule has 0 aliphatic carbocycles. The Kier molecular flexibility index (Phi) is 5.27. The van der Waals surface area contributed by atoms with Crippen molar-refractivity contribution >= 4 is 40.9 Å². The molecular weight excluding hydrogens is 384 g/mol. The number of ether oxygens (including phenoxy) is 1. The van der Waals surface area contributed by atoms with Crippen molar-refractivity contribution in [2.24, 2.45) is 0 Å². The van der Waals surface area contributed by atoms with E-state index < -0.39 is 0 Å². The van der Waals surface area contributed by atoms with E-state index in [0.717, 1.165) is 33.9 Å². The van der Waals surface area contributed by atoms with Crippen molar-refractivity contribution in [1.29, 1.82) is 0 Å². The molecule has 0 saturated carbocycles. The van der Waals surface area contributed by atoms with Gasteiger partial charge in [-0.3, -0.25) is 9.59 Å². The Bertz CT molecular complexity index is 903. The molecular formula is C20H19ClN2O3S. The molecule has 0 unspecified atom stereocenters. The molecule has 1 atom stereocenters. The normalized spacial score (nSPS) is 18.1. The number of nitrogens with one attached hydrogen (secondary N) is 2. The molecule has 140 valence electrons. The molecule has 7 heteroatoms. The van der Waals surface area contributed by atoms with E-state index in [-0.39, 0.29) is 24.5 Å². The molecule has 0 bridgehead atoms. The second-order valence-electron chi connectivity index (χ2n) is 6.60. The SMILES string of the molecule is O=C1CCc2cc(OCC(=O)N[C@@H]3CCSc4ccc(Cl)cc43)ccc2N1. The van der Waals surface area contributed by atoms with E-state index in [1.165, 1.54) is 0 Å². The van der Waals surface area contributed by atoms with Gasteiger partial charge in [0, 0.05) is 27.8 Å². The number of thioether (sulfide) groups is 1. The zero-order valence-corrected chi connectivity index (χ0v) is 16.2. The highest BCUT2D eigenvalue weighted by Gasteiger charge is 2.23. The minimum absolute atomic E-state index is 0.0292. The third kappa shape index (κ3) is 4.22. The van der Waals surface area contributed by atoms with Crippen LogP contribution in [0, 0.1) is 0 Å². The van der Waals surface area contributed by atoms with Crippen LogP contribution < -0.4 is 15.4 Å². The summed E-state index contributed by atoms with van der Waals surface area (Å²) in [6, 6.07) is 11.2. The van der Waals surface area contributed by atoms with Crippen LogP contribution in [0.4, 0.5) is 5.69 Å². The Hall–Kier alpha value is -2.18. The van der Waals surface area contributed by atoms with Gasteiger partial charge in [-0.1, -0.05) is 11.6 Å². The molecule has 0 aromatic heterocycles. The van der Waals surface area contributed by atoms with E-state index in [2.05, 4.69) is 10.6 Å². The van der Waals surface area contributed by atoms with Crippen LogP contribution in [0.25, 0.3) is 0 Å². The van der Waals surface area contributed by atoms with Gasteiger partial charge in [0.05, 0.1) is 6.04 Å². The van der Waals surface area contributed by atoms with Crippen LogP contribution in [0.1, 0.15) is 30.0 Å². The molecule has 2 aromatic carbocycles. The van der Waals surface area contributed by atoms with Gasteiger partial charge in [-0.05, 0) is 60.4 Å². The van der Waals surface area contributed by atoms with Gasteiger partial charge in [0.15, 0.2) is 6.61 Å². The number of carbonyl (C=O) groups is 2. The molecule has 0 fully saturated rings. The highest BCUT2D eigenvalue weighted by molar-refractivity contribution is 7.99. The lowest BCUT2D eigenvalue weighted by Gasteiger charge is -2.26. The monoisotopic (exact) mass is 402 g/mol. The van der Waals surface area contributed by atoms with E-state index in [1.54, 1.807) is 17.8 Å². The van der Waals surface area contributed by atoms with Crippen molar-refractivity contribution < 1.29 is 14.3 Å². The zero-order valence-electron chi connectivity index (χ0n) is 14.6. The molecule has 2 aromatic rings. The first-order chi connectivity index (χ1) is 13.1. The van der Waals surface area contributed by atoms with Crippen molar-refractivity contribution in [3.05, 3.63) is 52.5 Å². The summed E-state index contributed by atoms with van der Waals surface area (Å²) >= 11 is 7.89. The fraction of sp³-hybridized carbons (Fsp3) is 0.300. The van der Waals surface area contributed by atoms with Crippen molar-refractivity contribution in [3.8, 4) is 5.75 Å². The number of anilines is 1. The largest absolute Gasteiger partial charge is 0.484 e. The van der Waals surface area contributed by atoms with Crippen molar-refractivity contribution in [2.75, 3.05) is 17.7 Å². The average Bonchev–Trinajstić information content (AvgIpc) is 2.67. The minimum Gasteiger partial charge on any atom is -0.484 e. The number of amides is 2. The van der Waals surface area contributed by atoms with E-state index in [4.69, 9.17) is 16.3 Å². The Morgan fingerprint density at radius 1 is 1.26 bits per heavy atom. The molecule has 4 rings (SSSR count). The average molecular weight is 403 g/mol. The number of hydrogen-bond acceptors (Lipinski definition) is 4. The van der Waals surface area contributed by atoms with E-state index >= 15 is 0 Å². The summed E-state index contributed by atoms with van der Waals surface area (Å²) < 4.78 is 5.66. The molecule has 2 aliphatic heterocycles. The molecule has 27 heavy (non-hydrogen) atoms. The third-order valence-electron chi connectivity index (χ3n) is 4.69. The Labute approximate surface area is 166 Å². The third-order valence-corrected chi connectivity index (χ3v) is 6.05. The predicted molar refractivity (Wildman–Crippen MR) is 107 cm³/mol. The maximum absolute atomic E-state index is 12.4. The summed E-state index contributed by atoms with van der Waals surface area (Å²) in [5.41, 5.74) is 2.91. The van der Waals surface area contributed by atoms with E-state index in [1.807, 2.05) is 30.3 Å². The zero-order chi connectivity index (χ0) is 18.8. The molecule has 0 radical (unpaired) electrons. The van der Waals surface area contributed by atoms with Crippen LogP contribution in [-0.4, -0.2) is 24.2 Å². The summed E-state index contributed by atoms with van der Waals surface area (Å²) in [7, 11) is 0. The summed E-state index contributed by atoms with van der Waals surface area (Å²) in [6.45, 7) is -0.0509. The molecule has 2 N–H and O–H groups in total. The summed E-state index contributed by atoms with van der Waals surface area (Å²) in [5.74, 6) is 1.45. The van der Waals surface area contributed by atoms with Gasteiger partial charge in [-0.2, -0.15) is 0 Å². The van der Waals surface area contributed by atoms with Gasteiger partial charge in [-0.25, -0.2) is 0 Å². The van der Waals surface area contributed by atoms with Gasteiger partial charge in [0.1, 0.15) is 5.75 Å². The van der Waals surface area contributed by atoms with Gasteiger partial charge >= 0.3 is 0 Å². The quantitative estimate of drug-likeness (QED) is 0.812. The van der Waals surface area contributed by atoms with Crippen LogP contribution in [0.2, 0.25) is 5.02 Å². The van der Waals surface area contributed by atoms with Crippen molar-refractivity contribution in [2.45, 2.75) is 30.2 Å². The lowest BCUT2D eigenvalue weighted by Crippen LogP contribution is -2.34. The predicted octanol–water partition coefficient (Wildman–Crippen LogP) is 3.96. The standard InChI is InChI=1S/C20H19ClN2O3S/c21-13-2-5-18-15(10-13)17(7-8-27-18)23-20(25)11-26-14-3-4-16-12(9-14)1-6-19(24)22-16/h2-5,9-10,17H,1,6-8,11H2,(H,22,24)(H,23,25)/t17-/m1/s1. The number of carbonyl (C=O) groups excluding carboxylic acids is 2. The number of halogens is 1. The number of rotatable bonds is 4. The van der Waals surface area contributed by atoms with Crippen molar-refractivity contribution in [1.82, 2.24) is 5.32 Å². The molecule has 0 saturated heterocycles. The number of aryl methyl sites for hydroxylation is 1. The highest BCUT2D eigenvalue weighted by Crippen LogP contribution is 2.37. The highest BCUT2D eigenvalue weighted by atomic mass is 35.5. The second-order valence-corrected chi connectivity index (χ2v) is 8.17. The molecule has 2 heterocycles. The first kappa shape index (κ1) is 18.2. The maximum Gasteiger partial charge on any atom is 0.258 e. The van der Waals surface area contributed by atoms with Crippen LogP contribution in [-0.2, 0) is 16.0 Å². The second kappa shape index (κ2) is 7.82. The first-order valence-electron chi connectivity index (χ1n) is 8.86. The van der Waals surface area contributed by atoms with Gasteiger partial charge in [-0.15, -0.1) is 11.8 Å². The van der Waals surface area contributed by atoms with Crippen LogP contribution in [0.5, 0.6) is 5.75 Å². The summed E-state index contributed by atoms with van der Waals surface area (Å²) in [5, 5.41) is 6.56. The van der Waals surface area contributed by atoms with E-state index in [9.17, 15) is 9.59 Å². The van der Waals surface area contributed by atoms with E-state index in [0.29, 0.717) is 23.6 Å². The Morgan fingerprint density at radius 3 is 3.04 bits per heavy atom. The fourth-order valence-electron chi connectivity index (χ4n) is 3.35. The van der Waals surface area contributed by atoms with Gasteiger partial charge in [0.2, 0.25) is 5.91 Å². The molecule has 2 aliphatic rings. The fourth-order valence-corrected chi connectivity index (χ4v) is 4.64. The molecule has 2 amide bonds. The van der Waals surface area contributed by atoms with Crippen LogP contribution in [0.3, 0.4) is 0 Å². The Morgan fingerprint density at radius 2 is 2.15 bits per heavy atom. The maximum atomic E-state index is 12.4. The number of hydrogen-bond donors (Lipinski definition) is 2. The van der Waals surface area contributed by atoms with Gasteiger partial charge in [0.25, 0.3) is 5.91 Å². The molecule has 0 spiro atoms. The number of benzene rings is 2. The summed E-state index contributed by atoms with van der Waals surface area (Å²) in [4.78, 5) is 25.0.